The molecule has 1 aliphatic rings. The van der Waals surface area contributed by atoms with Gasteiger partial charge in [-0.15, -0.1) is 0 Å². The first-order valence-electron chi connectivity index (χ1n) is 8.69. The summed E-state index contributed by atoms with van der Waals surface area (Å²) in [5, 5.41) is 2.81. The molecule has 0 aromatic heterocycles. The van der Waals surface area contributed by atoms with Gasteiger partial charge in [-0.1, -0.05) is 34.5 Å². The molecule has 0 saturated carbocycles. The number of aryl methyl sites for hydroxylation is 1. The number of halogens is 1. The van der Waals surface area contributed by atoms with Gasteiger partial charge < -0.3 is 0 Å². The van der Waals surface area contributed by atoms with Crippen molar-refractivity contribution in [3.63, 3.8) is 0 Å². The summed E-state index contributed by atoms with van der Waals surface area (Å²) in [5.41, 5.74) is 7.22. The zero-order chi connectivity index (χ0) is 21.2. The Hall–Kier alpha value is -2.91. The van der Waals surface area contributed by atoms with E-state index in [1.54, 1.807) is 36.4 Å². The molecular formula is C19H19ClN3O5S+. The van der Waals surface area contributed by atoms with Gasteiger partial charge in [0.25, 0.3) is 10.0 Å². The van der Waals surface area contributed by atoms with Crippen LogP contribution in [-0.2, 0) is 24.4 Å². The van der Waals surface area contributed by atoms with Crippen molar-refractivity contribution in [2.75, 3.05) is 0 Å². The highest BCUT2D eigenvalue weighted by atomic mass is 35.5. The quantitative estimate of drug-likeness (QED) is 0.300. The van der Waals surface area contributed by atoms with Crippen LogP contribution in [0.1, 0.15) is 24.0 Å². The Morgan fingerprint density at radius 3 is 2.41 bits per heavy atom. The average Bonchev–Trinajstić information content (AvgIpc) is 3.09. The molecule has 29 heavy (non-hydrogen) atoms. The zero-order valence-corrected chi connectivity index (χ0v) is 17.0. The van der Waals surface area contributed by atoms with E-state index >= 15 is 0 Å². The van der Waals surface area contributed by atoms with E-state index in [0.29, 0.717) is 14.9 Å². The molecule has 1 saturated heterocycles. The highest BCUT2D eigenvalue weighted by molar-refractivity contribution is 7.89. The molecule has 3 N–H and O–H groups in total. The number of hydrogen-bond donors (Lipinski definition) is 2. The third-order valence-electron chi connectivity index (χ3n) is 4.43. The van der Waals surface area contributed by atoms with Crippen molar-refractivity contribution in [3.8, 4) is 0 Å². The number of nitrogens with two attached hydrogens (primary N) is 1. The summed E-state index contributed by atoms with van der Waals surface area (Å²) in [5.74, 6) is -1.56. The molecule has 2 aromatic carbocycles. The lowest BCUT2D eigenvalue weighted by atomic mass is 10.2. The molecule has 10 heteroatoms. The molecule has 0 spiro atoms. The van der Waals surface area contributed by atoms with Crippen molar-refractivity contribution in [1.29, 1.82) is 0 Å². The molecule has 0 radical (unpaired) electrons. The van der Waals surface area contributed by atoms with E-state index < -0.39 is 27.9 Å². The minimum Gasteiger partial charge on any atom is -0.284 e. The largest absolute Gasteiger partial charge is 0.380 e. The Morgan fingerprint density at radius 1 is 1.17 bits per heavy atom. The van der Waals surface area contributed by atoms with Crippen molar-refractivity contribution in [2.24, 2.45) is 5.73 Å². The molecule has 152 valence electrons. The van der Waals surface area contributed by atoms with Crippen molar-refractivity contribution in [3.05, 3.63) is 64.7 Å². The Morgan fingerprint density at radius 2 is 1.79 bits per heavy atom. The topological polar surface area (TPSA) is 121 Å². The number of rotatable bonds is 5. The van der Waals surface area contributed by atoms with Gasteiger partial charge in [-0.3, -0.25) is 15.4 Å². The van der Waals surface area contributed by atoms with Gasteiger partial charge in [0.2, 0.25) is 5.91 Å². The molecule has 1 amide bonds. The third-order valence-corrected chi connectivity index (χ3v) is 6.52. The van der Waals surface area contributed by atoms with E-state index in [2.05, 4.69) is 5.16 Å². The van der Waals surface area contributed by atoms with Crippen LogP contribution in [0.5, 0.6) is 0 Å². The van der Waals surface area contributed by atoms with E-state index in [0.717, 1.165) is 5.56 Å². The van der Waals surface area contributed by atoms with Gasteiger partial charge in [-0.05, 0) is 49.7 Å². The number of nitrogens with zero attached hydrogens (tertiary/aromatic N) is 1. The molecule has 2 aromatic rings. The van der Waals surface area contributed by atoms with Gasteiger partial charge in [0.15, 0.2) is 6.04 Å². The third kappa shape index (κ3) is 4.41. The first-order chi connectivity index (χ1) is 13.7. The lowest BCUT2D eigenvalue weighted by molar-refractivity contribution is -0.724. The van der Waals surface area contributed by atoms with Gasteiger partial charge in [-0.2, -0.15) is 0 Å². The number of carbonyl (C=O) groups is 2. The normalized spacial score (nSPS) is 17.4. The van der Waals surface area contributed by atoms with Crippen LogP contribution in [0.25, 0.3) is 0 Å². The van der Waals surface area contributed by atoms with Gasteiger partial charge in [0, 0.05) is 11.4 Å². The molecule has 0 bridgehead atoms. The van der Waals surface area contributed by atoms with Gasteiger partial charge in [0.05, 0.1) is 10.5 Å². The molecule has 1 heterocycles. The summed E-state index contributed by atoms with van der Waals surface area (Å²) in [6.45, 7) is 1.81. The van der Waals surface area contributed by atoms with E-state index in [4.69, 9.17) is 22.2 Å². The molecule has 1 atom stereocenters. The maximum atomic E-state index is 12.9. The van der Waals surface area contributed by atoms with Crippen LogP contribution in [0.2, 0.25) is 5.02 Å². The van der Waals surface area contributed by atoms with E-state index in [9.17, 15) is 18.0 Å². The number of sulfonamides is 1. The average molecular weight is 437 g/mol. The smallest absolute Gasteiger partial charge is 0.284 e. The van der Waals surface area contributed by atoms with E-state index in [1.165, 1.54) is 12.1 Å². The summed E-state index contributed by atoms with van der Waals surface area (Å²) in [6, 6.07) is 11.2. The Bertz CT molecular complexity index is 1070. The molecular weight excluding hydrogens is 418 g/mol. The summed E-state index contributed by atoms with van der Waals surface area (Å²) in [4.78, 5) is 29.6. The number of nitrogen functional groups attached to an aromatic ring is 1. The number of benzene rings is 2. The van der Waals surface area contributed by atoms with Crippen LogP contribution in [0, 0.1) is 6.92 Å². The van der Waals surface area contributed by atoms with Crippen LogP contribution in [0.3, 0.4) is 0 Å². The van der Waals surface area contributed by atoms with E-state index in [1.807, 2.05) is 6.92 Å². The molecule has 1 fully saturated rings. The summed E-state index contributed by atoms with van der Waals surface area (Å²) < 4.78 is 26.4. The van der Waals surface area contributed by atoms with Crippen LogP contribution < -0.4 is 10.9 Å². The van der Waals surface area contributed by atoms with Gasteiger partial charge in [-0.25, -0.2) is 17.5 Å². The molecule has 0 unspecified atom stereocenters. The minimum atomic E-state index is -4.19. The number of amides is 1. The molecule has 0 aliphatic carbocycles. The first kappa shape index (κ1) is 20.8. The van der Waals surface area contributed by atoms with Crippen LogP contribution in [0.15, 0.2) is 53.4 Å². The second-order valence-corrected chi connectivity index (χ2v) is 8.76. The minimum absolute atomic E-state index is 0.0191. The summed E-state index contributed by atoms with van der Waals surface area (Å²) in [7, 11) is -4.19. The predicted octanol–water partition coefficient (Wildman–Crippen LogP) is 0.272. The fourth-order valence-corrected chi connectivity index (χ4v) is 4.58. The van der Waals surface area contributed by atoms with Gasteiger partial charge in [0.1, 0.15) is 0 Å². The zero-order valence-electron chi connectivity index (χ0n) is 15.5. The number of carbonyl (C=O) groups excluding carboxylic acids is 2. The van der Waals surface area contributed by atoms with Gasteiger partial charge >= 0.3 is 11.8 Å². The molecule has 8 nitrogen and oxygen atoms in total. The Kier molecular flexibility index (Phi) is 5.90. The summed E-state index contributed by atoms with van der Waals surface area (Å²) in [6.07, 6.45) is -0.0630. The molecule has 1 aliphatic heterocycles. The number of amidine groups is 1. The first-order valence-corrected chi connectivity index (χ1v) is 10.5. The molecule has 3 rings (SSSR count). The van der Waals surface area contributed by atoms with Crippen molar-refractivity contribution in [1.82, 2.24) is 4.31 Å². The lowest BCUT2D eigenvalue weighted by Crippen LogP contribution is -2.76. The fourth-order valence-electron chi connectivity index (χ4n) is 2.86. The highest BCUT2D eigenvalue weighted by Gasteiger charge is 2.45. The highest BCUT2D eigenvalue weighted by Crippen LogP contribution is 2.27. The monoisotopic (exact) mass is 436 g/mol. The second-order valence-electron chi connectivity index (χ2n) is 6.51. The van der Waals surface area contributed by atoms with Crippen molar-refractivity contribution >= 4 is 39.3 Å². The number of nitrogens with one attached hydrogen (secondary N) is 1. The predicted molar refractivity (Wildman–Crippen MR) is 105 cm³/mol. The Labute approximate surface area is 172 Å². The number of hydrogen-bond acceptors (Lipinski definition) is 5. The maximum absolute atomic E-state index is 12.9. The van der Waals surface area contributed by atoms with Crippen LogP contribution in [-0.4, -0.2) is 36.5 Å². The Balaban J connectivity index is 1.80. The van der Waals surface area contributed by atoms with E-state index in [-0.39, 0.29) is 23.6 Å². The fraction of sp³-hybridized carbons (Fsp3) is 0.211. The SMILES string of the molecule is Cc1ccc(S(=O)(=O)N2C(=O)CC[C@H]2C(=O)O[NH+]=C(N)c2ccc(Cl)cc2)cc1. The van der Waals surface area contributed by atoms with Crippen LogP contribution >= 0.6 is 11.6 Å². The van der Waals surface area contributed by atoms with Crippen LogP contribution in [0.4, 0.5) is 0 Å². The summed E-state index contributed by atoms with van der Waals surface area (Å²) >= 11 is 5.81. The standard InChI is InChI=1S/C19H18ClN3O5S/c1-12-2-8-15(9-3-12)29(26,27)23-16(10-11-17(23)24)19(25)28-22-18(21)13-4-6-14(20)7-5-13/h2-9,16H,10-11H2,1H3,(H2,21,22)/p+1/t16-/m0/s1. The maximum Gasteiger partial charge on any atom is 0.380 e. The lowest BCUT2D eigenvalue weighted by Gasteiger charge is -2.21. The van der Waals surface area contributed by atoms with Crippen molar-refractivity contribution in [2.45, 2.75) is 30.7 Å². The second kappa shape index (κ2) is 8.22. The van der Waals surface area contributed by atoms with Crippen molar-refractivity contribution < 1.29 is 28.0 Å².